The molecule has 2 nitrogen and oxygen atoms in total. The number of rotatable bonds is 23. The van der Waals surface area contributed by atoms with E-state index >= 15 is 0 Å². The van der Waals surface area contributed by atoms with E-state index in [1.807, 2.05) is 0 Å². The Labute approximate surface area is 195 Å². The molecule has 2 heteroatoms. The molecule has 0 unspecified atom stereocenters. The summed E-state index contributed by atoms with van der Waals surface area (Å²) in [4.78, 5) is 2.66. The van der Waals surface area contributed by atoms with Gasteiger partial charge in [-0.25, -0.2) is 0 Å². The summed E-state index contributed by atoms with van der Waals surface area (Å²) < 4.78 is 0. The highest BCUT2D eigenvalue weighted by Gasteiger charge is 2.06. The zero-order chi connectivity index (χ0) is 22.2. The molecule has 0 spiro atoms. The van der Waals surface area contributed by atoms with Gasteiger partial charge in [-0.1, -0.05) is 134 Å². The van der Waals surface area contributed by atoms with E-state index in [1.54, 1.807) is 0 Å². The predicted molar refractivity (Wildman–Crippen MR) is 140 cm³/mol. The summed E-state index contributed by atoms with van der Waals surface area (Å²) in [6, 6.07) is 11.0. The summed E-state index contributed by atoms with van der Waals surface area (Å²) in [5.74, 6) is 0. The summed E-state index contributed by atoms with van der Waals surface area (Å²) in [7, 11) is 0. The molecule has 0 bridgehead atoms. The van der Waals surface area contributed by atoms with Crippen molar-refractivity contribution in [3.8, 4) is 0 Å². The Morgan fingerprint density at radius 2 is 1.06 bits per heavy atom. The molecule has 0 atom stereocenters. The normalized spacial score (nSPS) is 11.5. The van der Waals surface area contributed by atoms with Gasteiger partial charge in [-0.05, 0) is 31.5 Å². The molecule has 0 radical (unpaired) electrons. The van der Waals surface area contributed by atoms with Crippen LogP contribution in [0, 0.1) is 0 Å². The Morgan fingerprint density at radius 3 is 1.65 bits per heavy atom. The fraction of sp³-hybridized carbons (Fsp3) is 0.793. The molecule has 0 saturated carbocycles. The average molecular weight is 431 g/mol. The zero-order valence-corrected chi connectivity index (χ0v) is 21.2. The lowest BCUT2D eigenvalue weighted by molar-refractivity contribution is 0.258. The third-order valence-corrected chi connectivity index (χ3v) is 6.39. The van der Waals surface area contributed by atoms with Gasteiger partial charge in [-0.3, -0.25) is 4.90 Å². The van der Waals surface area contributed by atoms with Gasteiger partial charge in [0.15, 0.2) is 0 Å². The first-order valence-electron chi connectivity index (χ1n) is 13.8. The highest BCUT2D eigenvalue weighted by molar-refractivity contribution is 5.14. The summed E-state index contributed by atoms with van der Waals surface area (Å²) >= 11 is 0. The molecule has 0 aliphatic carbocycles. The van der Waals surface area contributed by atoms with Crippen molar-refractivity contribution >= 4 is 0 Å². The van der Waals surface area contributed by atoms with E-state index in [4.69, 9.17) is 0 Å². The third kappa shape index (κ3) is 18.4. The van der Waals surface area contributed by atoms with Crippen molar-refractivity contribution in [1.82, 2.24) is 10.2 Å². The largest absolute Gasteiger partial charge is 0.315 e. The smallest absolute Gasteiger partial charge is 0.0234 e. The molecule has 0 amide bonds. The summed E-state index contributed by atoms with van der Waals surface area (Å²) in [5, 5.41) is 3.70. The summed E-state index contributed by atoms with van der Waals surface area (Å²) in [6.45, 7) is 10.4. The molecular weight excluding hydrogens is 376 g/mol. The fourth-order valence-corrected chi connectivity index (χ4v) is 4.33. The Morgan fingerprint density at radius 1 is 0.548 bits per heavy atom. The monoisotopic (exact) mass is 430 g/mol. The van der Waals surface area contributed by atoms with E-state index in [0.717, 1.165) is 13.1 Å². The van der Waals surface area contributed by atoms with E-state index in [2.05, 4.69) is 54.4 Å². The highest BCUT2D eigenvalue weighted by atomic mass is 15.1. The fourth-order valence-electron chi connectivity index (χ4n) is 4.33. The van der Waals surface area contributed by atoms with Gasteiger partial charge in [-0.15, -0.1) is 0 Å². The third-order valence-electron chi connectivity index (χ3n) is 6.39. The second-order valence-corrected chi connectivity index (χ2v) is 9.46. The minimum absolute atomic E-state index is 1.09. The first kappa shape index (κ1) is 28.2. The van der Waals surface area contributed by atoms with Crippen LogP contribution in [0.2, 0.25) is 0 Å². The van der Waals surface area contributed by atoms with Crippen LogP contribution in [0.4, 0.5) is 0 Å². The van der Waals surface area contributed by atoms with Crippen molar-refractivity contribution in [3.05, 3.63) is 35.9 Å². The molecular formula is C29H54N2. The number of unbranched alkanes of at least 4 members (excludes halogenated alkanes) is 14. The molecule has 1 aromatic carbocycles. The number of benzene rings is 1. The van der Waals surface area contributed by atoms with E-state index in [-0.39, 0.29) is 0 Å². The molecule has 0 aliphatic heterocycles. The van der Waals surface area contributed by atoms with Crippen LogP contribution in [0.5, 0.6) is 0 Å². The second kappa shape index (κ2) is 22.3. The Bertz CT molecular complexity index is 459. The van der Waals surface area contributed by atoms with Gasteiger partial charge in [0.1, 0.15) is 0 Å². The maximum absolute atomic E-state index is 3.70. The van der Waals surface area contributed by atoms with Crippen molar-refractivity contribution in [2.24, 2.45) is 0 Å². The van der Waals surface area contributed by atoms with Crippen LogP contribution < -0.4 is 5.32 Å². The number of hydrogen-bond acceptors (Lipinski definition) is 2. The van der Waals surface area contributed by atoms with E-state index in [9.17, 15) is 0 Å². The van der Waals surface area contributed by atoms with Gasteiger partial charge in [0.25, 0.3) is 0 Å². The summed E-state index contributed by atoms with van der Waals surface area (Å²) in [6.07, 6.45) is 22.4. The van der Waals surface area contributed by atoms with Crippen molar-refractivity contribution in [3.63, 3.8) is 0 Å². The van der Waals surface area contributed by atoms with E-state index < -0.39 is 0 Å². The van der Waals surface area contributed by atoms with Gasteiger partial charge < -0.3 is 5.32 Å². The van der Waals surface area contributed by atoms with E-state index in [0.29, 0.717) is 0 Å². The zero-order valence-electron chi connectivity index (χ0n) is 21.2. The molecule has 0 fully saturated rings. The van der Waals surface area contributed by atoms with Crippen molar-refractivity contribution in [1.29, 1.82) is 0 Å². The molecule has 31 heavy (non-hydrogen) atoms. The van der Waals surface area contributed by atoms with Gasteiger partial charge in [-0.2, -0.15) is 0 Å². The SMILES string of the molecule is CCCCCCCCCCNCCN(CCCCCCCCCC)Cc1ccccc1. The molecule has 1 N–H and O–H groups in total. The Hall–Kier alpha value is -0.860. The topological polar surface area (TPSA) is 15.3 Å². The van der Waals surface area contributed by atoms with E-state index in [1.165, 1.54) is 128 Å². The lowest BCUT2D eigenvalue weighted by Gasteiger charge is -2.23. The molecule has 1 rings (SSSR count). The van der Waals surface area contributed by atoms with Crippen LogP contribution in [0.3, 0.4) is 0 Å². The van der Waals surface area contributed by atoms with Crippen LogP contribution in [0.15, 0.2) is 30.3 Å². The number of nitrogens with one attached hydrogen (secondary N) is 1. The average Bonchev–Trinajstić information content (AvgIpc) is 2.79. The van der Waals surface area contributed by atoms with Crippen molar-refractivity contribution in [2.45, 2.75) is 123 Å². The Balaban J connectivity index is 2.11. The Kier molecular flexibility index (Phi) is 20.3. The molecule has 180 valence electrons. The van der Waals surface area contributed by atoms with Crippen LogP contribution in [0.25, 0.3) is 0 Å². The van der Waals surface area contributed by atoms with Crippen LogP contribution >= 0.6 is 0 Å². The van der Waals surface area contributed by atoms with Crippen LogP contribution in [-0.2, 0) is 6.54 Å². The second-order valence-electron chi connectivity index (χ2n) is 9.46. The minimum Gasteiger partial charge on any atom is -0.315 e. The first-order chi connectivity index (χ1) is 15.4. The molecule has 0 heterocycles. The van der Waals surface area contributed by atoms with Crippen molar-refractivity contribution in [2.75, 3.05) is 26.2 Å². The maximum atomic E-state index is 3.70. The van der Waals surface area contributed by atoms with Gasteiger partial charge in [0.05, 0.1) is 0 Å². The highest BCUT2D eigenvalue weighted by Crippen LogP contribution is 2.11. The predicted octanol–water partition coefficient (Wildman–Crippen LogP) is 8.36. The first-order valence-corrected chi connectivity index (χ1v) is 13.8. The quantitative estimate of drug-likeness (QED) is 0.175. The number of nitrogens with zero attached hydrogens (tertiary/aromatic N) is 1. The molecule has 0 aromatic heterocycles. The lowest BCUT2D eigenvalue weighted by Crippen LogP contribution is -2.33. The van der Waals surface area contributed by atoms with Crippen LogP contribution in [-0.4, -0.2) is 31.1 Å². The van der Waals surface area contributed by atoms with Crippen LogP contribution in [0.1, 0.15) is 122 Å². The maximum Gasteiger partial charge on any atom is 0.0234 e. The lowest BCUT2D eigenvalue weighted by atomic mass is 10.1. The summed E-state index contributed by atoms with van der Waals surface area (Å²) in [5.41, 5.74) is 1.45. The molecule has 1 aromatic rings. The number of hydrogen-bond donors (Lipinski definition) is 1. The molecule has 0 aliphatic rings. The molecule has 0 saturated heterocycles. The van der Waals surface area contributed by atoms with Gasteiger partial charge >= 0.3 is 0 Å². The minimum atomic E-state index is 1.09. The van der Waals surface area contributed by atoms with Gasteiger partial charge in [0, 0.05) is 19.6 Å². The van der Waals surface area contributed by atoms with Crippen molar-refractivity contribution < 1.29 is 0 Å². The standard InChI is InChI=1S/C29H54N2/c1-3-5-7-9-11-13-15-20-24-30-25-27-31(28-29-22-18-17-19-23-29)26-21-16-14-12-10-8-6-4-2/h17-19,22-23,30H,3-16,20-21,24-28H2,1-2H3. The van der Waals surface area contributed by atoms with Gasteiger partial charge in [0.2, 0.25) is 0 Å².